The molecule has 0 unspecified atom stereocenters. The molecule has 0 spiro atoms. The molecule has 2 fully saturated rings. The third-order valence-electron chi connectivity index (χ3n) is 10.3. The highest BCUT2D eigenvalue weighted by Crippen LogP contribution is 2.37. The lowest BCUT2D eigenvalue weighted by Gasteiger charge is -2.39. The van der Waals surface area contributed by atoms with Crippen molar-refractivity contribution in [3.63, 3.8) is 0 Å². The zero-order chi connectivity index (χ0) is 34.3. The molecule has 2 N–H and O–H groups in total. The van der Waals surface area contributed by atoms with Crippen molar-refractivity contribution >= 4 is 17.8 Å². The highest BCUT2D eigenvalue weighted by atomic mass is 16.4. The number of hydrogen-bond acceptors (Lipinski definition) is 5. The summed E-state index contributed by atoms with van der Waals surface area (Å²) in [5.41, 5.74) is 6.82. The summed E-state index contributed by atoms with van der Waals surface area (Å²) in [7, 11) is 0. The van der Waals surface area contributed by atoms with Crippen LogP contribution in [0.1, 0.15) is 85.3 Å². The number of aliphatic carboxylic acids is 1. The molecule has 2 heterocycles. The Morgan fingerprint density at radius 2 is 1.41 bits per heavy atom. The van der Waals surface area contributed by atoms with Gasteiger partial charge in [0.15, 0.2) is 5.82 Å². The van der Waals surface area contributed by atoms with Gasteiger partial charge in [0.25, 0.3) is 5.91 Å². The molecule has 1 saturated heterocycles. The first kappa shape index (κ1) is 34.0. The van der Waals surface area contributed by atoms with Crippen molar-refractivity contribution in [2.24, 2.45) is 11.8 Å². The first-order chi connectivity index (χ1) is 23.8. The van der Waals surface area contributed by atoms with Crippen LogP contribution < -0.4 is 5.32 Å². The Labute approximate surface area is 289 Å². The molecule has 1 atom stereocenters. The fourth-order valence-corrected chi connectivity index (χ4v) is 7.09. The van der Waals surface area contributed by atoms with Crippen molar-refractivity contribution in [2.75, 3.05) is 13.1 Å². The number of carbonyl (C=O) groups is 3. The predicted molar refractivity (Wildman–Crippen MR) is 191 cm³/mol. The van der Waals surface area contributed by atoms with Gasteiger partial charge in [-0.15, -0.1) is 0 Å². The molecule has 1 aliphatic carbocycles. The lowest BCUT2D eigenvalue weighted by atomic mass is 9.78. The zero-order valence-electron chi connectivity index (χ0n) is 28.5. The van der Waals surface area contributed by atoms with Crippen molar-refractivity contribution in [3.05, 3.63) is 107 Å². The number of likely N-dealkylation sites (tertiary alicyclic amines) is 1. The number of carboxylic acid groups (broad SMARTS) is 1. The Hall–Kier alpha value is -4.85. The number of carbonyl (C=O) groups excluding carboxylic acids is 2. The number of aromatic nitrogens is 2. The van der Waals surface area contributed by atoms with Crippen LogP contribution in [0.4, 0.5) is 0 Å². The van der Waals surface area contributed by atoms with E-state index < -0.39 is 17.9 Å². The highest BCUT2D eigenvalue weighted by molar-refractivity contribution is 5.98. The maximum absolute atomic E-state index is 13.5. The van der Waals surface area contributed by atoms with Gasteiger partial charge in [0.1, 0.15) is 6.04 Å². The van der Waals surface area contributed by atoms with Gasteiger partial charge in [0.2, 0.25) is 5.91 Å². The minimum absolute atomic E-state index is 0.141. The molecule has 3 aromatic carbocycles. The summed E-state index contributed by atoms with van der Waals surface area (Å²) in [6, 6.07) is 23.1. The van der Waals surface area contributed by atoms with Crippen LogP contribution in [-0.2, 0) is 22.4 Å². The first-order valence-electron chi connectivity index (χ1n) is 17.7. The summed E-state index contributed by atoms with van der Waals surface area (Å²) in [6.07, 6.45) is 12.4. The van der Waals surface area contributed by atoms with E-state index in [1.165, 1.54) is 42.6 Å². The number of carboxylic acids is 1. The minimum atomic E-state index is -0.916. The molecular weight excluding hydrogens is 612 g/mol. The van der Waals surface area contributed by atoms with Crippen LogP contribution in [0, 0.1) is 11.8 Å². The maximum atomic E-state index is 13.5. The lowest BCUT2D eigenvalue weighted by Crippen LogP contribution is -2.59. The Bertz CT molecular complexity index is 1720. The zero-order valence-corrected chi connectivity index (χ0v) is 28.5. The molecule has 2 amide bonds. The number of amides is 2. The van der Waals surface area contributed by atoms with Gasteiger partial charge >= 0.3 is 5.97 Å². The van der Waals surface area contributed by atoms with E-state index >= 15 is 0 Å². The molecule has 1 aliphatic heterocycles. The van der Waals surface area contributed by atoms with E-state index in [9.17, 15) is 19.5 Å². The molecule has 49 heavy (non-hydrogen) atoms. The fourth-order valence-electron chi connectivity index (χ4n) is 7.09. The molecule has 2 aliphatic rings. The summed E-state index contributed by atoms with van der Waals surface area (Å²) < 4.78 is 0. The Kier molecular flexibility index (Phi) is 10.8. The van der Waals surface area contributed by atoms with E-state index in [1.807, 2.05) is 48.8 Å². The van der Waals surface area contributed by atoms with Crippen LogP contribution in [0.3, 0.4) is 0 Å². The van der Waals surface area contributed by atoms with Gasteiger partial charge in [-0.1, -0.05) is 87.4 Å². The second-order valence-corrected chi connectivity index (χ2v) is 13.7. The SMILES string of the molecule is CCCc1ccc(C(=O)N[C@@H](Cc2ccc(-c3ncc(-c4ccc(C5CCC(CC)CC5)cc4)cn3)cc2)C(=O)N2CC(C(=O)O)C2)cc1. The monoisotopic (exact) mass is 658 g/mol. The first-order valence-corrected chi connectivity index (χ1v) is 17.7. The van der Waals surface area contributed by atoms with Gasteiger partial charge in [-0.2, -0.15) is 0 Å². The summed E-state index contributed by atoms with van der Waals surface area (Å²) in [5.74, 6) is 0.0369. The van der Waals surface area contributed by atoms with E-state index in [4.69, 9.17) is 0 Å². The molecule has 1 aromatic heterocycles. The largest absolute Gasteiger partial charge is 0.481 e. The number of rotatable bonds is 12. The molecule has 6 rings (SSSR count). The van der Waals surface area contributed by atoms with Crippen molar-refractivity contribution in [1.82, 2.24) is 20.2 Å². The predicted octanol–water partition coefficient (Wildman–Crippen LogP) is 7.33. The van der Waals surface area contributed by atoms with Crippen LogP contribution in [-0.4, -0.2) is 56.9 Å². The average Bonchev–Trinajstić information content (AvgIpc) is 3.11. The molecule has 4 aromatic rings. The summed E-state index contributed by atoms with van der Waals surface area (Å²) in [6.45, 7) is 4.69. The van der Waals surface area contributed by atoms with Crippen molar-refractivity contribution in [2.45, 2.75) is 77.2 Å². The highest BCUT2D eigenvalue weighted by Gasteiger charge is 2.38. The van der Waals surface area contributed by atoms with Crippen LogP contribution >= 0.6 is 0 Å². The molecule has 0 bridgehead atoms. The van der Waals surface area contributed by atoms with Gasteiger partial charge in [0, 0.05) is 48.6 Å². The Morgan fingerprint density at radius 1 is 0.796 bits per heavy atom. The summed E-state index contributed by atoms with van der Waals surface area (Å²) >= 11 is 0. The average molecular weight is 659 g/mol. The summed E-state index contributed by atoms with van der Waals surface area (Å²) in [5, 5.41) is 12.2. The van der Waals surface area contributed by atoms with Crippen LogP contribution in [0.15, 0.2) is 85.2 Å². The number of aryl methyl sites for hydroxylation is 1. The van der Waals surface area contributed by atoms with Crippen LogP contribution in [0.5, 0.6) is 0 Å². The Balaban J connectivity index is 1.11. The van der Waals surface area contributed by atoms with E-state index in [-0.39, 0.29) is 31.3 Å². The van der Waals surface area contributed by atoms with Gasteiger partial charge in [-0.25, -0.2) is 9.97 Å². The standard InChI is InChI=1S/C41H46N4O4/c1-3-5-28-8-16-34(17-9-28)39(46)44-37(40(47)45-25-36(26-45)41(48)49)22-29-10-14-33(15-11-29)38-42-23-35(24-43-38)32-20-18-31(19-21-32)30-12-6-27(4-2)7-13-30/h8-11,14-21,23-24,27,30,36-37H,3-7,12-13,22,25-26H2,1-2H3,(H,44,46)(H,48,49)/t27?,30?,37-/m0/s1. The van der Waals surface area contributed by atoms with Gasteiger partial charge < -0.3 is 15.3 Å². The maximum Gasteiger partial charge on any atom is 0.310 e. The van der Waals surface area contributed by atoms with E-state index in [1.54, 1.807) is 12.1 Å². The fraction of sp³-hybridized carbons (Fsp3) is 0.390. The van der Waals surface area contributed by atoms with E-state index in [2.05, 4.69) is 53.4 Å². The molecule has 1 saturated carbocycles. The van der Waals surface area contributed by atoms with Crippen LogP contribution in [0.2, 0.25) is 0 Å². The van der Waals surface area contributed by atoms with E-state index in [0.717, 1.165) is 46.6 Å². The number of nitrogens with one attached hydrogen (secondary N) is 1. The quantitative estimate of drug-likeness (QED) is 0.165. The third kappa shape index (κ3) is 8.24. The van der Waals surface area contributed by atoms with Gasteiger partial charge in [0.05, 0.1) is 5.92 Å². The third-order valence-corrected chi connectivity index (χ3v) is 10.3. The van der Waals surface area contributed by atoms with Gasteiger partial charge in [-0.05, 0) is 78.3 Å². The van der Waals surface area contributed by atoms with Gasteiger partial charge in [-0.3, -0.25) is 14.4 Å². The van der Waals surface area contributed by atoms with Crippen molar-refractivity contribution < 1.29 is 19.5 Å². The second-order valence-electron chi connectivity index (χ2n) is 13.7. The lowest BCUT2D eigenvalue weighted by molar-refractivity contribution is -0.153. The Morgan fingerprint density at radius 3 is 2.00 bits per heavy atom. The smallest absolute Gasteiger partial charge is 0.310 e. The minimum Gasteiger partial charge on any atom is -0.481 e. The normalized spacial score (nSPS) is 18.4. The number of benzene rings is 3. The number of nitrogens with zero attached hydrogens (tertiary/aromatic N) is 3. The van der Waals surface area contributed by atoms with Crippen molar-refractivity contribution in [3.8, 4) is 22.5 Å². The van der Waals surface area contributed by atoms with E-state index in [0.29, 0.717) is 17.3 Å². The second kappa shape index (κ2) is 15.6. The van der Waals surface area contributed by atoms with Crippen LogP contribution in [0.25, 0.3) is 22.5 Å². The summed E-state index contributed by atoms with van der Waals surface area (Å²) in [4.78, 5) is 48.8. The number of hydrogen-bond donors (Lipinski definition) is 2. The van der Waals surface area contributed by atoms with Crippen molar-refractivity contribution in [1.29, 1.82) is 0 Å². The molecule has 254 valence electrons. The molecular formula is C41H46N4O4. The topological polar surface area (TPSA) is 112 Å². The molecule has 8 heteroatoms. The molecule has 0 radical (unpaired) electrons. The molecule has 8 nitrogen and oxygen atoms in total.